The van der Waals surface area contributed by atoms with Crippen LogP contribution in [0.2, 0.25) is 10.0 Å². The van der Waals surface area contributed by atoms with Gasteiger partial charge in [0.25, 0.3) is 0 Å². The molecule has 0 radical (unpaired) electrons. The highest BCUT2D eigenvalue weighted by molar-refractivity contribution is 7.09. The molecule has 2 rings (SSSR count). The van der Waals surface area contributed by atoms with Crippen molar-refractivity contribution in [1.29, 1.82) is 0 Å². The highest BCUT2D eigenvalue weighted by atomic mass is 35.5. The second-order valence-corrected chi connectivity index (χ2v) is 7.61. The second kappa shape index (κ2) is 6.02. The Balaban J connectivity index is 2.15. The zero-order valence-electron chi connectivity index (χ0n) is 11.7. The predicted octanol–water partition coefficient (Wildman–Crippen LogP) is 5.02. The number of hydrogen-bond acceptors (Lipinski definition) is 3. The monoisotopic (exact) mass is 329 g/mol. The van der Waals surface area contributed by atoms with E-state index in [1.54, 1.807) is 29.5 Å². The third-order valence-corrected chi connectivity index (χ3v) is 4.27. The van der Waals surface area contributed by atoms with E-state index < -0.39 is 6.10 Å². The molecular formula is C15H17Cl2NOS. The van der Waals surface area contributed by atoms with Gasteiger partial charge in [0, 0.05) is 27.3 Å². The average Bonchev–Trinajstić information content (AvgIpc) is 2.75. The largest absolute Gasteiger partial charge is 0.388 e. The fraction of sp³-hybridized carbons (Fsp3) is 0.400. The zero-order valence-corrected chi connectivity index (χ0v) is 14.0. The number of thiazole rings is 1. The van der Waals surface area contributed by atoms with Crippen LogP contribution in [0.1, 0.15) is 43.1 Å². The van der Waals surface area contributed by atoms with E-state index in [0.29, 0.717) is 16.5 Å². The molecule has 5 heteroatoms. The maximum atomic E-state index is 10.3. The first kappa shape index (κ1) is 15.8. The number of nitrogens with zero attached hydrogens (tertiary/aromatic N) is 1. The van der Waals surface area contributed by atoms with E-state index in [1.165, 1.54) is 0 Å². The topological polar surface area (TPSA) is 33.1 Å². The summed E-state index contributed by atoms with van der Waals surface area (Å²) in [5.41, 5.74) is 1.79. The van der Waals surface area contributed by atoms with Gasteiger partial charge in [0.1, 0.15) is 0 Å². The van der Waals surface area contributed by atoms with Crippen LogP contribution in [0.5, 0.6) is 0 Å². The summed E-state index contributed by atoms with van der Waals surface area (Å²) in [6.07, 6.45) is -0.178. The van der Waals surface area contributed by atoms with Gasteiger partial charge in [0.05, 0.1) is 16.8 Å². The number of hydrogen-bond donors (Lipinski definition) is 1. The number of aliphatic hydroxyl groups excluding tert-OH is 1. The lowest BCUT2D eigenvalue weighted by Gasteiger charge is -2.14. The molecule has 20 heavy (non-hydrogen) atoms. The van der Waals surface area contributed by atoms with Crippen LogP contribution < -0.4 is 0 Å². The van der Waals surface area contributed by atoms with Crippen molar-refractivity contribution in [3.8, 4) is 0 Å². The molecule has 2 aromatic rings. The molecule has 1 atom stereocenters. The first-order valence-corrected chi connectivity index (χ1v) is 7.98. The Bertz CT molecular complexity index is 584. The molecule has 1 heterocycles. The van der Waals surface area contributed by atoms with Crippen molar-refractivity contribution in [3.05, 3.63) is 49.9 Å². The number of aliphatic hydroxyl groups is 1. The maximum Gasteiger partial charge on any atom is 0.0957 e. The lowest BCUT2D eigenvalue weighted by molar-refractivity contribution is 0.178. The van der Waals surface area contributed by atoms with E-state index in [-0.39, 0.29) is 5.41 Å². The molecule has 0 fully saturated rings. The standard InChI is InChI=1S/C15H17Cl2NOS/c1-15(2,3)13-8-20-14(18-13)7-12(19)9-4-10(16)6-11(17)5-9/h4-6,8,12,19H,7H2,1-3H3. The minimum Gasteiger partial charge on any atom is -0.388 e. The van der Waals surface area contributed by atoms with Gasteiger partial charge in [-0.1, -0.05) is 44.0 Å². The van der Waals surface area contributed by atoms with Gasteiger partial charge >= 0.3 is 0 Å². The Morgan fingerprint density at radius 3 is 2.30 bits per heavy atom. The Kier molecular flexibility index (Phi) is 4.75. The van der Waals surface area contributed by atoms with E-state index >= 15 is 0 Å². The van der Waals surface area contributed by atoms with Crippen LogP contribution in [0.15, 0.2) is 23.6 Å². The van der Waals surface area contributed by atoms with Crippen LogP contribution in [0.4, 0.5) is 0 Å². The van der Waals surface area contributed by atoms with Crippen molar-refractivity contribution in [2.24, 2.45) is 0 Å². The van der Waals surface area contributed by atoms with Crippen molar-refractivity contribution in [1.82, 2.24) is 4.98 Å². The van der Waals surface area contributed by atoms with Gasteiger partial charge in [0.15, 0.2) is 0 Å². The first-order chi connectivity index (χ1) is 9.25. The summed E-state index contributed by atoms with van der Waals surface area (Å²) in [6.45, 7) is 6.37. The van der Waals surface area contributed by atoms with E-state index in [9.17, 15) is 5.11 Å². The van der Waals surface area contributed by atoms with E-state index in [4.69, 9.17) is 23.2 Å². The number of rotatable bonds is 3. The molecule has 0 aliphatic heterocycles. The summed E-state index contributed by atoms with van der Waals surface area (Å²) in [6, 6.07) is 5.12. The molecule has 0 spiro atoms. The Morgan fingerprint density at radius 1 is 1.20 bits per heavy atom. The molecule has 0 bridgehead atoms. The zero-order chi connectivity index (χ0) is 14.9. The number of halogens is 2. The summed E-state index contributed by atoms with van der Waals surface area (Å²) in [4.78, 5) is 4.58. The molecule has 108 valence electrons. The smallest absolute Gasteiger partial charge is 0.0957 e. The fourth-order valence-electron chi connectivity index (χ4n) is 1.80. The molecule has 2 nitrogen and oxygen atoms in total. The molecule has 1 unspecified atom stereocenters. The highest BCUT2D eigenvalue weighted by Crippen LogP contribution is 2.29. The van der Waals surface area contributed by atoms with E-state index in [2.05, 4.69) is 25.8 Å². The summed E-state index contributed by atoms with van der Waals surface area (Å²) in [5, 5.41) is 14.3. The lowest BCUT2D eigenvalue weighted by Crippen LogP contribution is -2.12. The van der Waals surface area contributed by atoms with Gasteiger partial charge in [-0.2, -0.15) is 0 Å². The van der Waals surface area contributed by atoms with Gasteiger partial charge < -0.3 is 5.11 Å². The van der Waals surface area contributed by atoms with Crippen LogP contribution >= 0.6 is 34.5 Å². The molecular weight excluding hydrogens is 313 g/mol. The fourth-order valence-corrected chi connectivity index (χ4v) is 3.40. The van der Waals surface area contributed by atoms with E-state index in [0.717, 1.165) is 16.3 Å². The average molecular weight is 330 g/mol. The lowest BCUT2D eigenvalue weighted by atomic mass is 9.93. The quantitative estimate of drug-likeness (QED) is 0.857. The van der Waals surface area contributed by atoms with Crippen LogP contribution in [0.25, 0.3) is 0 Å². The summed E-state index contributed by atoms with van der Waals surface area (Å²) in [7, 11) is 0. The number of benzene rings is 1. The minimum absolute atomic E-state index is 0.0269. The molecule has 0 saturated carbocycles. The van der Waals surface area contributed by atoms with Crippen molar-refractivity contribution >= 4 is 34.5 Å². The van der Waals surface area contributed by atoms with Gasteiger partial charge in [-0.15, -0.1) is 11.3 Å². The van der Waals surface area contributed by atoms with Crippen molar-refractivity contribution in [2.75, 3.05) is 0 Å². The molecule has 1 aromatic carbocycles. The third kappa shape index (κ3) is 3.95. The van der Waals surface area contributed by atoms with Gasteiger partial charge in [0.2, 0.25) is 0 Å². The van der Waals surface area contributed by atoms with Crippen molar-refractivity contribution in [2.45, 2.75) is 38.7 Å². The predicted molar refractivity (Wildman–Crippen MR) is 85.9 cm³/mol. The minimum atomic E-state index is -0.648. The third-order valence-electron chi connectivity index (χ3n) is 2.96. The van der Waals surface area contributed by atoms with Gasteiger partial charge in [-0.05, 0) is 23.8 Å². The van der Waals surface area contributed by atoms with Crippen LogP contribution in [-0.4, -0.2) is 10.1 Å². The van der Waals surface area contributed by atoms with Gasteiger partial charge in [-0.3, -0.25) is 0 Å². The number of aromatic nitrogens is 1. The molecule has 0 amide bonds. The molecule has 1 N–H and O–H groups in total. The Morgan fingerprint density at radius 2 is 1.80 bits per heavy atom. The van der Waals surface area contributed by atoms with Crippen LogP contribution in [0, 0.1) is 0 Å². The van der Waals surface area contributed by atoms with Crippen molar-refractivity contribution < 1.29 is 5.11 Å². The maximum absolute atomic E-state index is 10.3. The normalized spacial score (nSPS) is 13.5. The summed E-state index contributed by atoms with van der Waals surface area (Å²) in [5.74, 6) is 0. The molecule has 1 aromatic heterocycles. The first-order valence-electron chi connectivity index (χ1n) is 6.34. The van der Waals surface area contributed by atoms with Crippen LogP contribution in [0.3, 0.4) is 0 Å². The summed E-state index contributed by atoms with van der Waals surface area (Å²) < 4.78 is 0. The SMILES string of the molecule is CC(C)(C)c1csc(CC(O)c2cc(Cl)cc(Cl)c2)n1. The van der Waals surface area contributed by atoms with Crippen molar-refractivity contribution in [3.63, 3.8) is 0 Å². The molecule has 0 saturated heterocycles. The Labute approximate surface area is 133 Å². The molecule has 0 aliphatic rings. The van der Waals surface area contributed by atoms with Gasteiger partial charge in [-0.25, -0.2) is 4.98 Å². The Hall–Kier alpha value is -0.610. The van der Waals surface area contributed by atoms with E-state index in [1.807, 2.05) is 5.38 Å². The highest BCUT2D eigenvalue weighted by Gasteiger charge is 2.19. The molecule has 0 aliphatic carbocycles. The summed E-state index contributed by atoms with van der Waals surface area (Å²) >= 11 is 13.5. The van der Waals surface area contributed by atoms with Crippen LogP contribution in [-0.2, 0) is 11.8 Å². The second-order valence-electron chi connectivity index (χ2n) is 5.80.